The van der Waals surface area contributed by atoms with Crippen LogP contribution < -0.4 is 21.3 Å². The van der Waals surface area contributed by atoms with Crippen LogP contribution >= 0.6 is 23.2 Å². The zero-order valence-corrected chi connectivity index (χ0v) is 24.4. The van der Waals surface area contributed by atoms with Crippen molar-refractivity contribution in [3.63, 3.8) is 0 Å². The molecule has 42 heavy (non-hydrogen) atoms. The molecule has 0 bridgehead atoms. The summed E-state index contributed by atoms with van der Waals surface area (Å²) in [6.45, 7) is 0.00982. The third-order valence-electron chi connectivity index (χ3n) is 6.75. The third-order valence-corrected chi connectivity index (χ3v) is 7.19. The predicted octanol–water partition coefficient (Wildman–Crippen LogP) is 5.52. The molecule has 0 spiro atoms. The molecule has 3 aromatic carbocycles. The van der Waals surface area contributed by atoms with E-state index in [2.05, 4.69) is 33.8 Å². The molecule has 0 aliphatic heterocycles. The summed E-state index contributed by atoms with van der Waals surface area (Å²) in [5.74, 6) is -1.42. The molecule has 220 valence electrons. The highest BCUT2D eigenvalue weighted by molar-refractivity contribution is 6.35. The van der Waals surface area contributed by atoms with Crippen molar-refractivity contribution >= 4 is 58.0 Å². The van der Waals surface area contributed by atoms with Crippen LogP contribution in [0.2, 0.25) is 10.0 Å². The summed E-state index contributed by atoms with van der Waals surface area (Å²) in [6.07, 6.45) is 5.20. The van der Waals surface area contributed by atoms with E-state index in [0.29, 0.717) is 33.8 Å². The molecule has 1 amide bonds. The number of nitrogens with two attached hydrogens (primary N) is 1. The number of aliphatic hydroxyl groups excluding tert-OH is 1. The summed E-state index contributed by atoms with van der Waals surface area (Å²) < 4.78 is 0. The van der Waals surface area contributed by atoms with Crippen molar-refractivity contribution in [3.8, 4) is 0 Å². The SMILES string of the molecule is NCN=C(Nc1cc(Cl)cc(Cl)c1)N(Cc1ccc(C(=O)NC[C@@H](O)C(=O)O)cc1)c1ccc(C2=CCCCC2)cc1. The van der Waals surface area contributed by atoms with Gasteiger partial charge in [-0.25, -0.2) is 9.79 Å². The normalized spacial score (nSPS) is 14.1. The number of hydrogen-bond acceptors (Lipinski definition) is 5. The van der Waals surface area contributed by atoms with E-state index < -0.39 is 24.5 Å². The quantitative estimate of drug-likeness (QED) is 0.151. The number of carboxylic acids is 1. The molecule has 11 heteroatoms. The number of amides is 1. The lowest BCUT2D eigenvalue weighted by Crippen LogP contribution is -2.37. The maximum absolute atomic E-state index is 12.4. The number of halogens is 2. The number of anilines is 2. The topological polar surface area (TPSA) is 140 Å². The van der Waals surface area contributed by atoms with Gasteiger partial charge in [0.1, 0.15) is 0 Å². The number of nitrogens with zero attached hydrogens (tertiary/aromatic N) is 2. The fourth-order valence-electron chi connectivity index (χ4n) is 4.60. The summed E-state index contributed by atoms with van der Waals surface area (Å²) in [7, 11) is 0. The minimum absolute atomic E-state index is 0.0272. The minimum atomic E-state index is -1.68. The fourth-order valence-corrected chi connectivity index (χ4v) is 5.13. The molecule has 1 atom stereocenters. The Balaban J connectivity index is 1.61. The maximum Gasteiger partial charge on any atom is 0.334 e. The Labute approximate surface area is 254 Å². The van der Waals surface area contributed by atoms with Gasteiger partial charge in [-0.05, 0) is 84.8 Å². The van der Waals surface area contributed by atoms with Crippen LogP contribution in [0.15, 0.2) is 77.8 Å². The smallest absolute Gasteiger partial charge is 0.334 e. The molecule has 0 radical (unpaired) electrons. The van der Waals surface area contributed by atoms with Crippen molar-refractivity contribution in [3.05, 3.63) is 99.5 Å². The van der Waals surface area contributed by atoms with E-state index in [0.717, 1.165) is 24.1 Å². The number of aliphatic carboxylic acids is 1. The van der Waals surface area contributed by atoms with Crippen LogP contribution in [0.5, 0.6) is 0 Å². The van der Waals surface area contributed by atoms with Gasteiger partial charge in [0, 0.05) is 27.0 Å². The van der Waals surface area contributed by atoms with E-state index in [-0.39, 0.29) is 6.67 Å². The van der Waals surface area contributed by atoms with E-state index in [4.69, 9.17) is 34.0 Å². The van der Waals surface area contributed by atoms with E-state index in [1.807, 2.05) is 17.0 Å². The van der Waals surface area contributed by atoms with Gasteiger partial charge < -0.3 is 31.5 Å². The molecule has 1 aliphatic carbocycles. The molecule has 1 aliphatic rings. The number of benzene rings is 3. The summed E-state index contributed by atoms with van der Waals surface area (Å²) in [5, 5.41) is 24.9. The predicted molar refractivity (Wildman–Crippen MR) is 168 cm³/mol. The molecule has 4 rings (SSSR count). The van der Waals surface area contributed by atoms with Crippen molar-refractivity contribution in [2.24, 2.45) is 10.7 Å². The number of aliphatic hydroxyl groups is 1. The molecular weight excluding hydrogens is 577 g/mol. The zero-order valence-electron chi connectivity index (χ0n) is 22.9. The number of allylic oxidation sites excluding steroid dienone is 2. The molecule has 6 N–H and O–H groups in total. The average Bonchev–Trinajstić information content (AvgIpc) is 2.98. The Kier molecular flexibility index (Phi) is 11.0. The van der Waals surface area contributed by atoms with E-state index in [1.165, 1.54) is 24.0 Å². The molecule has 0 heterocycles. The minimum Gasteiger partial charge on any atom is -0.479 e. The first-order valence-corrected chi connectivity index (χ1v) is 14.3. The summed E-state index contributed by atoms with van der Waals surface area (Å²) >= 11 is 12.5. The number of nitrogens with one attached hydrogen (secondary N) is 2. The van der Waals surface area contributed by atoms with Crippen LogP contribution in [0.25, 0.3) is 5.57 Å². The van der Waals surface area contributed by atoms with Crippen LogP contribution in [0.3, 0.4) is 0 Å². The van der Waals surface area contributed by atoms with Crippen molar-refractivity contribution < 1.29 is 19.8 Å². The fraction of sp³-hybridized carbons (Fsp3) is 0.258. The molecule has 0 unspecified atom stereocenters. The average molecular weight is 611 g/mol. The highest BCUT2D eigenvalue weighted by atomic mass is 35.5. The second kappa shape index (κ2) is 14.8. The van der Waals surface area contributed by atoms with E-state index >= 15 is 0 Å². The number of carbonyl (C=O) groups is 2. The lowest BCUT2D eigenvalue weighted by atomic mass is 9.93. The largest absolute Gasteiger partial charge is 0.479 e. The van der Waals surface area contributed by atoms with Gasteiger partial charge in [-0.1, -0.05) is 53.5 Å². The molecule has 3 aromatic rings. The number of rotatable bonds is 10. The number of carbonyl (C=O) groups excluding carboxylic acids is 1. The Morgan fingerprint density at radius 2 is 1.69 bits per heavy atom. The van der Waals surface area contributed by atoms with Crippen molar-refractivity contribution in [2.45, 2.75) is 38.3 Å². The van der Waals surface area contributed by atoms with Gasteiger partial charge in [-0.2, -0.15) is 0 Å². The van der Waals surface area contributed by atoms with E-state index in [1.54, 1.807) is 42.5 Å². The van der Waals surface area contributed by atoms with Crippen molar-refractivity contribution in [2.75, 3.05) is 23.4 Å². The first-order valence-electron chi connectivity index (χ1n) is 13.6. The first-order chi connectivity index (χ1) is 20.2. The van der Waals surface area contributed by atoms with Gasteiger partial charge in [0.15, 0.2) is 6.10 Å². The van der Waals surface area contributed by atoms with Crippen LogP contribution in [-0.4, -0.2) is 47.4 Å². The molecule has 0 fully saturated rings. The molecule has 0 saturated heterocycles. The Bertz CT molecular complexity index is 1440. The number of guanidine groups is 1. The molecule has 0 saturated carbocycles. The van der Waals surface area contributed by atoms with Crippen molar-refractivity contribution in [1.29, 1.82) is 0 Å². The third kappa shape index (κ3) is 8.56. The van der Waals surface area contributed by atoms with Gasteiger partial charge in [0.25, 0.3) is 5.91 Å². The molecule has 0 aromatic heterocycles. The lowest BCUT2D eigenvalue weighted by Gasteiger charge is -2.28. The van der Waals surface area contributed by atoms with Gasteiger partial charge in [-0.15, -0.1) is 0 Å². The first kappa shape index (κ1) is 31.1. The second-order valence-electron chi connectivity index (χ2n) is 9.82. The van der Waals surface area contributed by atoms with Gasteiger partial charge in [-0.3, -0.25) is 4.79 Å². The number of hydrogen-bond donors (Lipinski definition) is 5. The van der Waals surface area contributed by atoms with Crippen LogP contribution in [0.1, 0.15) is 47.2 Å². The molecular formula is C31H33Cl2N5O4. The van der Waals surface area contributed by atoms with Gasteiger partial charge in [0.05, 0.1) is 19.8 Å². The summed E-state index contributed by atoms with van der Waals surface area (Å²) in [6, 6.07) is 20.3. The second-order valence-corrected chi connectivity index (χ2v) is 10.7. The Morgan fingerprint density at radius 1 is 1.00 bits per heavy atom. The number of carboxylic acid groups (broad SMARTS) is 1. The highest BCUT2D eigenvalue weighted by Crippen LogP contribution is 2.29. The zero-order chi connectivity index (χ0) is 30.1. The monoisotopic (exact) mass is 609 g/mol. The standard InChI is InChI=1S/C31H33Cl2N5O4/c32-24-14-25(33)16-26(15-24)37-31(36-19-34)38(27-12-10-22(11-13-27)21-4-2-1-3-5-21)18-20-6-8-23(9-7-20)29(40)35-17-28(39)30(41)42/h4,6-16,28,39H,1-3,5,17-19,34H2,(H,35,40)(H,36,37)(H,41,42)/t28-/m1/s1. The van der Waals surface area contributed by atoms with Crippen LogP contribution in [0.4, 0.5) is 11.4 Å². The Hall–Kier alpha value is -3.89. The van der Waals surface area contributed by atoms with Crippen molar-refractivity contribution in [1.82, 2.24) is 5.32 Å². The lowest BCUT2D eigenvalue weighted by molar-refractivity contribution is -0.146. The molecule has 9 nitrogen and oxygen atoms in total. The maximum atomic E-state index is 12.4. The van der Waals surface area contributed by atoms with Crippen LogP contribution in [0, 0.1) is 0 Å². The van der Waals surface area contributed by atoms with Gasteiger partial charge in [0.2, 0.25) is 5.96 Å². The van der Waals surface area contributed by atoms with Crippen LogP contribution in [-0.2, 0) is 11.3 Å². The summed E-state index contributed by atoms with van der Waals surface area (Å²) in [4.78, 5) is 29.8. The Morgan fingerprint density at radius 3 is 2.29 bits per heavy atom. The van der Waals surface area contributed by atoms with E-state index in [9.17, 15) is 14.7 Å². The highest BCUT2D eigenvalue weighted by Gasteiger charge is 2.18. The number of aliphatic imine (C=N–C) groups is 1. The van der Waals surface area contributed by atoms with Gasteiger partial charge >= 0.3 is 5.97 Å². The summed E-state index contributed by atoms with van der Waals surface area (Å²) in [5.41, 5.74) is 11.1.